The van der Waals surface area contributed by atoms with Crippen LogP contribution in [0.2, 0.25) is 0 Å². The summed E-state index contributed by atoms with van der Waals surface area (Å²) in [5.41, 5.74) is 2.15. The minimum atomic E-state index is 0.669. The van der Waals surface area contributed by atoms with Crippen LogP contribution in [0.4, 0.5) is 0 Å². The van der Waals surface area contributed by atoms with Crippen LogP contribution in [0, 0.1) is 18.3 Å². The molecule has 0 amide bonds. The van der Waals surface area contributed by atoms with Gasteiger partial charge in [-0.2, -0.15) is 0 Å². The summed E-state index contributed by atoms with van der Waals surface area (Å²) in [6, 6.07) is 0. The van der Waals surface area contributed by atoms with E-state index in [-0.39, 0.29) is 0 Å². The van der Waals surface area contributed by atoms with Gasteiger partial charge < -0.3 is 5.32 Å². The van der Waals surface area contributed by atoms with E-state index in [1.807, 2.05) is 0 Å². The number of nitrogens with one attached hydrogen (secondary N) is 1. The summed E-state index contributed by atoms with van der Waals surface area (Å²) in [4.78, 5) is 0. The summed E-state index contributed by atoms with van der Waals surface area (Å²) in [5.74, 6) is 3.32. The van der Waals surface area contributed by atoms with Crippen molar-refractivity contribution in [2.75, 3.05) is 6.54 Å². The fourth-order valence-electron chi connectivity index (χ4n) is 1.89. The molecule has 0 aromatic carbocycles. The molecule has 0 fully saturated rings. The average molecular weight is 259 g/mol. The molecule has 1 unspecified atom stereocenters. The van der Waals surface area contributed by atoms with Crippen LogP contribution < -0.4 is 5.32 Å². The Kier molecular flexibility index (Phi) is 10.8. The van der Waals surface area contributed by atoms with Gasteiger partial charge in [0.05, 0.1) is 0 Å². The number of rotatable bonds is 11. The zero-order valence-corrected chi connectivity index (χ0v) is 12.7. The molecular weight excluding hydrogens is 230 g/mol. The van der Waals surface area contributed by atoms with Crippen molar-refractivity contribution in [2.45, 2.75) is 52.4 Å². The lowest BCUT2D eigenvalue weighted by Crippen LogP contribution is -2.14. The molecular formula is C18H29N. The van der Waals surface area contributed by atoms with Crippen LogP contribution in [0.25, 0.3) is 0 Å². The number of unbranched alkanes of at least 4 members (excludes halogenated alkanes) is 1. The first-order valence-corrected chi connectivity index (χ1v) is 7.35. The lowest BCUT2D eigenvalue weighted by Gasteiger charge is -2.10. The zero-order valence-electron chi connectivity index (χ0n) is 12.7. The van der Waals surface area contributed by atoms with E-state index in [0.29, 0.717) is 5.92 Å². The monoisotopic (exact) mass is 259 g/mol. The molecule has 0 aliphatic rings. The van der Waals surface area contributed by atoms with E-state index >= 15 is 0 Å². The van der Waals surface area contributed by atoms with Gasteiger partial charge in [-0.05, 0) is 37.7 Å². The second kappa shape index (κ2) is 11.7. The van der Waals surface area contributed by atoms with Gasteiger partial charge in [0.2, 0.25) is 0 Å². The van der Waals surface area contributed by atoms with Gasteiger partial charge in [0, 0.05) is 18.7 Å². The van der Waals surface area contributed by atoms with Gasteiger partial charge in [-0.15, -0.1) is 12.3 Å². The first-order valence-electron chi connectivity index (χ1n) is 7.35. The number of allylic oxidation sites excluding steroid dienone is 2. The highest BCUT2D eigenvalue weighted by Crippen LogP contribution is 2.12. The van der Waals surface area contributed by atoms with Crippen LogP contribution in [0.5, 0.6) is 0 Å². The Morgan fingerprint density at radius 2 is 2.11 bits per heavy atom. The van der Waals surface area contributed by atoms with Crippen molar-refractivity contribution in [3.63, 3.8) is 0 Å². The molecule has 0 aliphatic heterocycles. The van der Waals surface area contributed by atoms with Crippen molar-refractivity contribution in [2.24, 2.45) is 5.92 Å². The normalized spacial score (nSPS) is 12.1. The molecule has 0 aromatic heterocycles. The van der Waals surface area contributed by atoms with Crippen molar-refractivity contribution in [1.82, 2.24) is 5.32 Å². The molecule has 0 bridgehead atoms. The number of terminal acetylenes is 1. The Hall–Kier alpha value is -1.42. The van der Waals surface area contributed by atoms with Crippen LogP contribution in [0.3, 0.4) is 0 Å². The van der Waals surface area contributed by atoms with Crippen LogP contribution >= 0.6 is 0 Å². The van der Waals surface area contributed by atoms with E-state index in [4.69, 9.17) is 6.42 Å². The molecule has 106 valence electrons. The number of hydrogen-bond acceptors (Lipinski definition) is 1. The lowest BCUT2D eigenvalue weighted by molar-refractivity contribution is 0.562. The molecule has 1 atom stereocenters. The van der Waals surface area contributed by atoms with Gasteiger partial charge in [0.25, 0.3) is 0 Å². The first kappa shape index (κ1) is 17.6. The lowest BCUT2D eigenvalue weighted by atomic mass is 10.00. The van der Waals surface area contributed by atoms with Crippen LogP contribution in [-0.2, 0) is 0 Å². The van der Waals surface area contributed by atoms with Crippen molar-refractivity contribution in [3.8, 4) is 12.3 Å². The molecule has 0 aromatic rings. The third-order valence-electron chi connectivity index (χ3n) is 3.17. The minimum absolute atomic E-state index is 0.669. The van der Waals surface area contributed by atoms with E-state index in [9.17, 15) is 0 Å². The summed E-state index contributed by atoms with van der Waals surface area (Å²) >= 11 is 0. The SMILES string of the molecule is C#CCCCC(=C)CNC(=C)/C=C/C(CC)CCC. The topological polar surface area (TPSA) is 12.0 Å². The summed E-state index contributed by atoms with van der Waals surface area (Å²) < 4.78 is 0. The molecule has 1 heteroatoms. The third kappa shape index (κ3) is 10.2. The van der Waals surface area contributed by atoms with Crippen LogP contribution in [0.15, 0.2) is 36.6 Å². The standard InChI is InChI=1S/C18H29N/c1-6-9-10-12-16(4)15-19-17(5)13-14-18(8-3)11-7-2/h1,13-14,18-19H,4-5,7-12,15H2,2-3H3/b14-13+. The molecule has 1 N–H and O–H groups in total. The molecule has 0 heterocycles. The fraction of sp³-hybridized carbons (Fsp3) is 0.556. The maximum atomic E-state index is 5.22. The van der Waals surface area contributed by atoms with Gasteiger partial charge in [0.1, 0.15) is 0 Å². The zero-order chi connectivity index (χ0) is 14.5. The van der Waals surface area contributed by atoms with Crippen molar-refractivity contribution in [3.05, 3.63) is 36.6 Å². The maximum Gasteiger partial charge on any atom is 0.0357 e. The molecule has 1 nitrogen and oxygen atoms in total. The number of hydrogen-bond donors (Lipinski definition) is 1. The predicted octanol–water partition coefficient (Wildman–Crippen LogP) is 4.83. The highest BCUT2D eigenvalue weighted by atomic mass is 14.9. The van der Waals surface area contributed by atoms with E-state index in [1.54, 1.807) is 0 Å². The second-order valence-corrected chi connectivity index (χ2v) is 5.00. The Balaban J connectivity index is 3.88. The van der Waals surface area contributed by atoms with E-state index in [1.165, 1.54) is 24.8 Å². The van der Waals surface area contributed by atoms with E-state index in [2.05, 4.69) is 50.4 Å². The molecule has 0 saturated carbocycles. The second-order valence-electron chi connectivity index (χ2n) is 5.00. The van der Waals surface area contributed by atoms with Crippen molar-refractivity contribution < 1.29 is 0 Å². The summed E-state index contributed by atoms with van der Waals surface area (Å²) in [7, 11) is 0. The van der Waals surface area contributed by atoms with Crippen molar-refractivity contribution >= 4 is 0 Å². The van der Waals surface area contributed by atoms with Crippen LogP contribution in [-0.4, -0.2) is 6.54 Å². The molecule has 0 radical (unpaired) electrons. The van der Waals surface area contributed by atoms with Gasteiger partial charge in [-0.25, -0.2) is 0 Å². The largest absolute Gasteiger partial charge is 0.382 e. The summed E-state index contributed by atoms with van der Waals surface area (Å²) in [6.07, 6.45) is 16.1. The average Bonchev–Trinajstić information content (AvgIpc) is 2.41. The summed E-state index contributed by atoms with van der Waals surface area (Å²) in [6.45, 7) is 13.3. The highest BCUT2D eigenvalue weighted by Gasteiger charge is 2.00. The van der Waals surface area contributed by atoms with Gasteiger partial charge in [-0.3, -0.25) is 0 Å². The summed E-state index contributed by atoms with van der Waals surface area (Å²) in [5, 5.41) is 3.30. The molecule has 0 aliphatic carbocycles. The first-order chi connectivity index (χ1) is 9.13. The van der Waals surface area contributed by atoms with E-state index in [0.717, 1.165) is 31.5 Å². The third-order valence-corrected chi connectivity index (χ3v) is 3.17. The van der Waals surface area contributed by atoms with Crippen molar-refractivity contribution in [1.29, 1.82) is 0 Å². The quantitative estimate of drug-likeness (QED) is 0.242. The highest BCUT2D eigenvalue weighted by molar-refractivity contribution is 5.15. The Morgan fingerprint density at radius 1 is 1.37 bits per heavy atom. The van der Waals surface area contributed by atoms with Gasteiger partial charge >= 0.3 is 0 Å². The Labute approximate surface area is 119 Å². The van der Waals surface area contributed by atoms with Crippen LogP contribution in [0.1, 0.15) is 52.4 Å². The Morgan fingerprint density at radius 3 is 2.68 bits per heavy atom. The maximum absolute atomic E-state index is 5.22. The molecule has 0 rings (SSSR count). The molecule has 19 heavy (non-hydrogen) atoms. The fourth-order valence-corrected chi connectivity index (χ4v) is 1.89. The molecule has 0 saturated heterocycles. The van der Waals surface area contributed by atoms with Gasteiger partial charge in [-0.1, -0.05) is 45.1 Å². The van der Waals surface area contributed by atoms with Gasteiger partial charge in [0.15, 0.2) is 0 Å². The van der Waals surface area contributed by atoms with E-state index < -0.39 is 0 Å². The smallest absolute Gasteiger partial charge is 0.0357 e. The minimum Gasteiger partial charge on any atom is -0.382 e. The predicted molar refractivity (Wildman–Crippen MR) is 86.8 cm³/mol. The Bertz CT molecular complexity index is 330. The molecule has 0 spiro atoms.